The standard InChI is InChI=1S/C17H14F3N3O3S/c1-26-16-12(3-2-4-13(16)18)15-9-14(17(19)20)22-23(15)10-5-7-11(8-6-10)27(21,24)25/h2-9,17H,1H3,(H2,21,24,25). The van der Waals surface area contributed by atoms with Crippen molar-refractivity contribution in [1.82, 2.24) is 9.78 Å². The van der Waals surface area contributed by atoms with Crippen molar-refractivity contribution in [3.8, 4) is 22.7 Å². The van der Waals surface area contributed by atoms with Gasteiger partial charge in [0.25, 0.3) is 6.43 Å². The number of ether oxygens (including phenoxy) is 1. The van der Waals surface area contributed by atoms with E-state index in [0.29, 0.717) is 0 Å². The molecule has 0 aliphatic rings. The van der Waals surface area contributed by atoms with Crippen molar-refractivity contribution in [2.45, 2.75) is 11.3 Å². The summed E-state index contributed by atoms with van der Waals surface area (Å²) < 4.78 is 69.4. The van der Waals surface area contributed by atoms with Gasteiger partial charge in [-0.2, -0.15) is 5.10 Å². The summed E-state index contributed by atoms with van der Waals surface area (Å²) in [5.41, 5.74) is 0.139. The zero-order valence-corrected chi connectivity index (χ0v) is 14.8. The molecule has 3 aromatic rings. The summed E-state index contributed by atoms with van der Waals surface area (Å²) in [4.78, 5) is -0.141. The second kappa shape index (κ2) is 7.05. The highest BCUT2D eigenvalue weighted by Crippen LogP contribution is 2.35. The van der Waals surface area contributed by atoms with Crippen LogP contribution >= 0.6 is 0 Å². The van der Waals surface area contributed by atoms with Crippen molar-refractivity contribution in [3.05, 3.63) is 60.0 Å². The minimum Gasteiger partial charge on any atom is -0.493 e. The van der Waals surface area contributed by atoms with Crippen LogP contribution in [0.4, 0.5) is 13.2 Å². The van der Waals surface area contributed by atoms with E-state index in [9.17, 15) is 21.6 Å². The maximum atomic E-state index is 14.0. The van der Waals surface area contributed by atoms with Gasteiger partial charge in [0.15, 0.2) is 11.6 Å². The van der Waals surface area contributed by atoms with Crippen molar-refractivity contribution in [2.75, 3.05) is 7.11 Å². The third-order valence-corrected chi connectivity index (χ3v) is 4.74. The van der Waals surface area contributed by atoms with Crippen LogP contribution in [0.5, 0.6) is 5.75 Å². The van der Waals surface area contributed by atoms with E-state index in [-0.39, 0.29) is 27.6 Å². The van der Waals surface area contributed by atoms with E-state index < -0.39 is 28.0 Å². The number of nitrogens with zero attached hydrogens (tertiary/aromatic N) is 2. The van der Waals surface area contributed by atoms with E-state index in [4.69, 9.17) is 9.88 Å². The number of alkyl halides is 2. The molecule has 0 aliphatic heterocycles. The Labute approximate surface area is 153 Å². The van der Waals surface area contributed by atoms with Gasteiger partial charge in [-0.1, -0.05) is 6.07 Å². The van der Waals surface area contributed by atoms with Crippen LogP contribution in [-0.2, 0) is 10.0 Å². The Morgan fingerprint density at radius 2 is 1.81 bits per heavy atom. The van der Waals surface area contributed by atoms with Crippen LogP contribution < -0.4 is 9.88 Å². The highest BCUT2D eigenvalue weighted by molar-refractivity contribution is 7.89. The van der Waals surface area contributed by atoms with Crippen LogP contribution in [0.2, 0.25) is 0 Å². The predicted octanol–water partition coefficient (Wildman–Crippen LogP) is 3.27. The molecule has 2 N–H and O–H groups in total. The molecule has 0 saturated heterocycles. The molecule has 2 aromatic carbocycles. The van der Waals surface area contributed by atoms with E-state index >= 15 is 0 Å². The molecule has 0 amide bonds. The number of methoxy groups -OCH3 is 1. The Morgan fingerprint density at radius 1 is 1.15 bits per heavy atom. The highest BCUT2D eigenvalue weighted by atomic mass is 32.2. The zero-order chi connectivity index (χ0) is 19.8. The van der Waals surface area contributed by atoms with Crippen LogP contribution in [0.3, 0.4) is 0 Å². The van der Waals surface area contributed by atoms with Crippen LogP contribution in [0.15, 0.2) is 53.4 Å². The number of para-hydroxylation sites is 1. The Hall–Kier alpha value is -2.85. The molecule has 0 aliphatic carbocycles. The molecule has 0 spiro atoms. The van der Waals surface area contributed by atoms with Gasteiger partial charge in [0.05, 0.1) is 23.4 Å². The largest absolute Gasteiger partial charge is 0.493 e. The molecule has 1 heterocycles. The summed E-state index contributed by atoms with van der Waals surface area (Å²) in [6.45, 7) is 0. The summed E-state index contributed by atoms with van der Waals surface area (Å²) in [6.07, 6.45) is -2.85. The molecule has 27 heavy (non-hydrogen) atoms. The summed E-state index contributed by atoms with van der Waals surface area (Å²) >= 11 is 0. The second-order valence-electron chi connectivity index (χ2n) is 5.53. The number of halogens is 3. The van der Waals surface area contributed by atoms with E-state index in [1.165, 1.54) is 49.6 Å². The molecule has 0 bridgehead atoms. The Bertz CT molecular complexity index is 1080. The molecule has 1 aromatic heterocycles. The van der Waals surface area contributed by atoms with Crippen molar-refractivity contribution < 1.29 is 26.3 Å². The van der Waals surface area contributed by atoms with Crippen LogP contribution in [0.1, 0.15) is 12.1 Å². The van der Waals surface area contributed by atoms with Gasteiger partial charge in [-0.15, -0.1) is 0 Å². The molecule has 0 saturated carbocycles. The molecule has 10 heteroatoms. The monoisotopic (exact) mass is 397 g/mol. The maximum Gasteiger partial charge on any atom is 0.282 e. The van der Waals surface area contributed by atoms with Gasteiger partial charge < -0.3 is 4.74 Å². The van der Waals surface area contributed by atoms with Gasteiger partial charge in [-0.05, 0) is 42.5 Å². The normalized spacial score (nSPS) is 11.8. The average molecular weight is 397 g/mol. The lowest BCUT2D eigenvalue weighted by Gasteiger charge is -2.12. The molecule has 0 radical (unpaired) electrons. The first kappa shape index (κ1) is 18.9. The number of aromatic nitrogens is 2. The summed E-state index contributed by atoms with van der Waals surface area (Å²) in [5.74, 6) is -0.786. The Morgan fingerprint density at radius 3 is 2.37 bits per heavy atom. The lowest BCUT2D eigenvalue weighted by Crippen LogP contribution is -2.12. The lowest BCUT2D eigenvalue weighted by atomic mass is 10.1. The number of sulfonamides is 1. The third-order valence-electron chi connectivity index (χ3n) is 3.81. The summed E-state index contributed by atoms with van der Waals surface area (Å²) in [5, 5.41) is 8.92. The minimum absolute atomic E-state index is 0.124. The molecule has 142 valence electrons. The first-order valence-corrected chi connectivity index (χ1v) is 9.11. The van der Waals surface area contributed by atoms with E-state index in [1.54, 1.807) is 0 Å². The van der Waals surface area contributed by atoms with E-state index in [2.05, 4.69) is 5.10 Å². The molecule has 6 nitrogen and oxygen atoms in total. The lowest BCUT2D eigenvalue weighted by molar-refractivity contribution is 0.145. The number of hydrogen-bond acceptors (Lipinski definition) is 4. The molecule has 0 fully saturated rings. The Kier molecular flexibility index (Phi) is 4.94. The molecular formula is C17H14F3N3O3S. The van der Waals surface area contributed by atoms with Gasteiger partial charge in [-0.25, -0.2) is 31.4 Å². The topological polar surface area (TPSA) is 87.2 Å². The number of rotatable bonds is 5. The number of benzene rings is 2. The predicted molar refractivity (Wildman–Crippen MR) is 91.8 cm³/mol. The quantitative estimate of drug-likeness (QED) is 0.716. The van der Waals surface area contributed by atoms with E-state index in [1.807, 2.05) is 0 Å². The number of primary sulfonamides is 1. The fourth-order valence-corrected chi connectivity index (χ4v) is 3.11. The third kappa shape index (κ3) is 3.67. The van der Waals surface area contributed by atoms with Gasteiger partial charge in [0.2, 0.25) is 10.0 Å². The Balaban J connectivity index is 2.21. The molecule has 3 rings (SSSR count). The van der Waals surface area contributed by atoms with Crippen molar-refractivity contribution in [3.63, 3.8) is 0 Å². The zero-order valence-electron chi connectivity index (χ0n) is 13.9. The maximum absolute atomic E-state index is 14.0. The molecule has 0 unspecified atom stereocenters. The van der Waals surface area contributed by atoms with Crippen molar-refractivity contribution in [2.24, 2.45) is 5.14 Å². The summed E-state index contributed by atoms with van der Waals surface area (Å²) in [6, 6.07) is 10.4. The first-order valence-electron chi connectivity index (χ1n) is 7.56. The van der Waals surface area contributed by atoms with Crippen molar-refractivity contribution >= 4 is 10.0 Å². The average Bonchev–Trinajstić information content (AvgIpc) is 3.06. The van der Waals surface area contributed by atoms with Crippen LogP contribution in [-0.4, -0.2) is 25.3 Å². The van der Waals surface area contributed by atoms with Crippen molar-refractivity contribution in [1.29, 1.82) is 0 Å². The van der Waals surface area contributed by atoms with Gasteiger partial charge >= 0.3 is 0 Å². The van der Waals surface area contributed by atoms with Crippen LogP contribution in [0.25, 0.3) is 16.9 Å². The molecular weight excluding hydrogens is 383 g/mol. The van der Waals surface area contributed by atoms with Gasteiger partial charge in [0, 0.05) is 5.56 Å². The SMILES string of the molecule is COc1c(F)cccc1-c1cc(C(F)F)nn1-c1ccc(S(N)(=O)=O)cc1. The number of nitrogens with two attached hydrogens (primary N) is 1. The fourth-order valence-electron chi connectivity index (χ4n) is 2.59. The summed E-state index contributed by atoms with van der Waals surface area (Å²) in [7, 11) is -2.65. The first-order chi connectivity index (χ1) is 12.7. The number of hydrogen-bond donors (Lipinski definition) is 1. The van der Waals surface area contributed by atoms with Gasteiger partial charge in [-0.3, -0.25) is 0 Å². The smallest absolute Gasteiger partial charge is 0.282 e. The fraction of sp³-hybridized carbons (Fsp3) is 0.118. The van der Waals surface area contributed by atoms with Crippen LogP contribution in [0, 0.1) is 5.82 Å². The highest BCUT2D eigenvalue weighted by Gasteiger charge is 2.21. The van der Waals surface area contributed by atoms with Gasteiger partial charge in [0.1, 0.15) is 5.69 Å². The van der Waals surface area contributed by atoms with E-state index in [0.717, 1.165) is 10.7 Å². The molecule has 0 atom stereocenters. The second-order valence-corrected chi connectivity index (χ2v) is 7.09. The minimum atomic E-state index is -3.91.